The molecule has 0 fully saturated rings. The highest BCUT2D eigenvalue weighted by Gasteiger charge is 2.10. The van der Waals surface area contributed by atoms with Crippen molar-refractivity contribution >= 4 is 17.4 Å². The van der Waals surface area contributed by atoms with Gasteiger partial charge in [0, 0.05) is 5.56 Å². The number of carbonyl (C=O) groups is 1. The average Bonchev–Trinajstić information content (AvgIpc) is 2.47. The van der Waals surface area contributed by atoms with Gasteiger partial charge in [-0.05, 0) is 36.2 Å². The highest BCUT2D eigenvalue weighted by atomic mass is 35.5. The fourth-order valence-corrected chi connectivity index (χ4v) is 2.20. The van der Waals surface area contributed by atoms with Gasteiger partial charge in [-0.2, -0.15) is 0 Å². The van der Waals surface area contributed by atoms with Gasteiger partial charge in [0.05, 0.1) is 5.02 Å². The van der Waals surface area contributed by atoms with Crippen LogP contribution in [0.4, 0.5) is 0 Å². The van der Waals surface area contributed by atoms with Crippen LogP contribution in [0.15, 0.2) is 48.5 Å². The second kappa shape index (κ2) is 7.11. The van der Waals surface area contributed by atoms with Gasteiger partial charge in [-0.3, -0.25) is 4.79 Å². The summed E-state index contributed by atoms with van der Waals surface area (Å²) in [4.78, 5) is 12.0. The number of ether oxygens (including phenoxy) is 1. The lowest BCUT2D eigenvalue weighted by Gasteiger charge is -2.07. The average molecular weight is 289 g/mol. The van der Waals surface area contributed by atoms with Crippen LogP contribution in [0.1, 0.15) is 29.3 Å². The van der Waals surface area contributed by atoms with E-state index < -0.39 is 0 Å². The van der Waals surface area contributed by atoms with Crippen LogP contribution in [0, 0.1) is 0 Å². The molecular formula is C17H17ClO2. The molecule has 2 aromatic rings. The summed E-state index contributed by atoms with van der Waals surface area (Å²) in [6.07, 6.45) is 2.17. The van der Waals surface area contributed by atoms with Gasteiger partial charge in [-0.15, -0.1) is 0 Å². The van der Waals surface area contributed by atoms with Gasteiger partial charge in [0.2, 0.25) is 5.78 Å². The van der Waals surface area contributed by atoms with E-state index in [0.29, 0.717) is 16.3 Å². The molecule has 20 heavy (non-hydrogen) atoms. The van der Waals surface area contributed by atoms with Gasteiger partial charge < -0.3 is 4.74 Å². The maximum absolute atomic E-state index is 12.0. The second-order valence-electron chi connectivity index (χ2n) is 4.59. The Balaban J connectivity index is 1.95. The van der Waals surface area contributed by atoms with Crippen molar-refractivity contribution in [2.45, 2.75) is 19.8 Å². The van der Waals surface area contributed by atoms with Crippen LogP contribution in [-0.2, 0) is 6.42 Å². The molecular weight excluding hydrogens is 272 g/mol. The summed E-state index contributed by atoms with van der Waals surface area (Å²) in [7, 11) is 0. The van der Waals surface area contributed by atoms with Crippen LogP contribution in [0.5, 0.6) is 5.75 Å². The van der Waals surface area contributed by atoms with Crippen LogP contribution >= 0.6 is 11.6 Å². The van der Waals surface area contributed by atoms with Crippen molar-refractivity contribution < 1.29 is 9.53 Å². The standard InChI is InChI=1S/C17H17ClO2/c1-2-5-13-8-10-14(11-9-13)20-12-17(19)15-6-3-4-7-16(15)18/h3-4,6-11H,2,5,12H2,1H3. The molecule has 2 nitrogen and oxygen atoms in total. The minimum absolute atomic E-state index is 0.00312. The van der Waals surface area contributed by atoms with E-state index in [4.69, 9.17) is 16.3 Å². The van der Waals surface area contributed by atoms with E-state index in [1.807, 2.05) is 24.3 Å². The van der Waals surface area contributed by atoms with Gasteiger partial charge in [0.1, 0.15) is 5.75 Å². The van der Waals surface area contributed by atoms with Crippen molar-refractivity contribution in [3.05, 3.63) is 64.7 Å². The van der Waals surface area contributed by atoms with Gasteiger partial charge in [-0.25, -0.2) is 0 Å². The normalized spacial score (nSPS) is 10.3. The van der Waals surface area contributed by atoms with Crippen molar-refractivity contribution in [3.8, 4) is 5.75 Å². The van der Waals surface area contributed by atoms with Crippen LogP contribution in [-0.4, -0.2) is 12.4 Å². The molecule has 0 spiro atoms. The quantitative estimate of drug-likeness (QED) is 0.729. The predicted molar refractivity (Wildman–Crippen MR) is 81.7 cm³/mol. The topological polar surface area (TPSA) is 26.3 Å². The van der Waals surface area contributed by atoms with Crippen molar-refractivity contribution in [2.24, 2.45) is 0 Å². The summed E-state index contributed by atoms with van der Waals surface area (Å²) in [5.41, 5.74) is 1.77. The van der Waals surface area contributed by atoms with Gasteiger partial charge in [-0.1, -0.05) is 49.2 Å². The lowest BCUT2D eigenvalue weighted by molar-refractivity contribution is 0.0921. The first-order valence-electron chi connectivity index (χ1n) is 6.70. The maximum atomic E-state index is 12.0. The Kier molecular flexibility index (Phi) is 5.19. The zero-order chi connectivity index (χ0) is 14.4. The number of hydrogen-bond acceptors (Lipinski definition) is 2. The molecule has 0 aliphatic heterocycles. The molecule has 0 heterocycles. The molecule has 2 aromatic carbocycles. The van der Waals surface area contributed by atoms with Crippen molar-refractivity contribution in [1.29, 1.82) is 0 Å². The molecule has 0 atom stereocenters. The molecule has 0 radical (unpaired) electrons. The van der Waals surface area contributed by atoms with E-state index in [1.54, 1.807) is 24.3 Å². The first kappa shape index (κ1) is 14.6. The molecule has 104 valence electrons. The highest BCUT2D eigenvalue weighted by Crippen LogP contribution is 2.17. The lowest BCUT2D eigenvalue weighted by atomic mass is 10.1. The van der Waals surface area contributed by atoms with Gasteiger partial charge >= 0.3 is 0 Å². The first-order valence-corrected chi connectivity index (χ1v) is 7.08. The Labute approximate surface area is 124 Å². The van der Waals surface area contributed by atoms with Crippen molar-refractivity contribution in [1.82, 2.24) is 0 Å². The van der Waals surface area contributed by atoms with E-state index in [9.17, 15) is 4.79 Å². The van der Waals surface area contributed by atoms with Crippen molar-refractivity contribution in [3.63, 3.8) is 0 Å². The zero-order valence-corrected chi connectivity index (χ0v) is 12.2. The lowest BCUT2D eigenvalue weighted by Crippen LogP contribution is -2.12. The Bertz CT molecular complexity index is 576. The summed E-state index contributed by atoms with van der Waals surface area (Å²) in [5, 5.41) is 0.458. The molecule has 0 saturated heterocycles. The number of benzene rings is 2. The Hall–Kier alpha value is -1.80. The van der Waals surface area contributed by atoms with Crippen molar-refractivity contribution in [2.75, 3.05) is 6.61 Å². The molecule has 0 amide bonds. The number of ketones is 1. The summed E-state index contributed by atoms with van der Waals surface area (Å²) >= 11 is 5.98. The van der Waals surface area contributed by atoms with Crippen LogP contribution in [0.2, 0.25) is 5.02 Å². The molecule has 0 aliphatic rings. The number of hydrogen-bond donors (Lipinski definition) is 0. The number of aryl methyl sites for hydroxylation is 1. The van der Waals surface area contributed by atoms with E-state index in [0.717, 1.165) is 12.8 Å². The maximum Gasteiger partial charge on any atom is 0.201 e. The number of carbonyl (C=O) groups excluding carboxylic acids is 1. The van der Waals surface area contributed by atoms with E-state index >= 15 is 0 Å². The Morgan fingerprint density at radius 1 is 1.10 bits per heavy atom. The molecule has 0 aromatic heterocycles. The highest BCUT2D eigenvalue weighted by molar-refractivity contribution is 6.34. The second-order valence-corrected chi connectivity index (χ2v) is 4.99. The molecule has 3 heteroatoms. The molecule has 0 unspecified atom stereocenters. The fourth-order valence-electron chi connectivity index (χ4n) is 1.95. The summed E-state index contributed by atoms with van der Waals surface area (Å²) in [6.45, 7) is 2.14. The number of Topliss-reactive ketones (excluding diaryl/α,β-unsaturated/α-hetero) is 1. The van der Waals surface area contributed by atoms with Crippen LogP contribution in [0.3, 0.4) is 0 Å². The molecule has 0 N–H and O–H groups in total. The minimum atomic E-state index is -0.117. The number of rotatable bonds is 6. The summed E-state index contributed by atoms with van der Waals surface area (Å²) < 4.78 is 5.50. The third kappa shape index (κ3) is 3.84. The Morgan fingerprint density at radius 2 is 1.80 bits per heavy atom. The van der Waals surface area contributed by atoms with E-state index in [2.05, 4.69) is 6.92 Å². The van der Waals surface area contributed by atoms with E-state index in [-0.39, 0.29) is 12.4 Å². The molecule has 0 bridgehead atoms. The zero-order valence-electron chi connectivity index (χ0n) is 11.4. The molecule has 0 saturated carbocycles. The van der Waals surface area contributed by atoms with E-state index in [1.165, 1.54) is 5.56 Å². The minimum Gasteiger partial charge on any atom is -0.485 e. The predicted octanol–water partition coefficient (Wildman–Crippen LogP) is 4.55. The third-order valence-electron chi connectivity index (χ3n) is 3.01. The fraction of sp³-hybridized carbons (Fsp3) is 0.235. The third-order valence-corrected chi connectivity index (χ3v) is 3.34. The molecule has 0 aliphatic carbocycles. The van der Waals surface area contributed by atoms with Crippen LogP contribution in [0.25, 0.3) is 0 Å². The number of halogens is 1. The van der Waals surface area contributed by atoms with Crippen LogP contribution < -0.4 is 4.74 Å². The molecule has 2 rings (SSSR count). The summed E-state index contributed by atoms with van der Waals surface area (Å²) in [5.74, 6) is 0.582. The summed E-state index contributed by atoms with van der Waals surface area (Å²) in [6, 6.07) is 14.8. The monoisotopic (exact) mass is 288 g/mol. The Morgan fingerprint density at radius 3 is 2.45 bits per heavy atom. The first-order chi connectivity index (χ1) is 9.70. The largest absolute Gasteiger partial charge is 0.485 e. The SMILES string of the molecule is CCCc1ccc(OCC(=O)c2ccccc2Cl)cc1. The smallest absolute Gasteiger partial charge is 0.201 e. The van der Waals surface area contributed by atoms with Gasteiger partial charge in [0.25, 0.3) is 0 Å². The van der Waals surface area contributed by atoms with Gasteiger partial charge in [0.15, 0.2) is 6.61 Å².